The van der Waals surface area contributed by atoms with Crippen LogP contribution in [0.2, 0.25) is 0 Å². The third-order valence-corrected chi connectivity index (χ3v) is 4.86. The Labute approximate surface area is 168 Å². The number of amides is 2. The molecule has 148 valence electrons. The average Bonchev–Trinajstić information content (AvgIpc) is 3.17. The predicted octanol–water partition coefficient (Wildman–Crippen LogP) is 2.58. The van der Waals surface area contributed by atoms with Crippen molar-refractivity contribution in [1.29, 1.82) is 0 Å². The van der Waals surface area contributed by atoms with Gasteiger partial charge in [-0.1, -0.05) is 6.07 Å². The van der Waals surface area contributed by atoms with Gasteiger partial charge in [0.25, 0.3) is 11.8 Å². The number of fused-ring (bicyclic) bond motifs is 1. The number of pyridine rings is 1. The van der Waals surface area contributed by atoms with Gasteiger partial charge < -0.3 is 20.9 Å². The van der Waals surface area contributed by atoms with Crippen molar-refractivity contribution in [2.45, 2.75) is 32.4 Å². The van der Waals surface area contributed by atoms with Crippen LogP contribution < -0.4 is 16.4 Å². The van der Waals surface area contributed by atoms with Gasteiger partial charge in [0.1, 0.15) is 17.3 Å². The van der Waals surface area contributed by atoms with Gasteiger partial charge in [0, 0.05) is 37.0 Å². The van der Waals surface area contributed by atoms with Gasteiger partial charge >= 0.3 is 0 Å². The van der Waals surface area contributed by atoms with Crippen LogP contribution in [0.15, 0.2) is 48.8 Å². The van der Waals surface area contributed by atoms with E-state index in [1.54, 1.807) is 48.8 Å². The summed E-state index contributed by atoms with van der Waals surface area (Å²) in [5, 5.41) is 5.71. The topological polar surface area (TPSA) is 115 Å². The molecule has 29 heavy (non-hydrogen) atoms. The summed E-state index contributed by atoms with van der Waals surface area (Å²) in [6.45, 7) is 1.09. The standard InChI is InChI=1S/C21H22N6O2/c22-12-14-9-15(11-16(10-14)25-21(29)17-5-1-3-7-23-17)20(28)26-19-13-24-18-6-2-4-8-27(18)19/h1,3,5,7,9-11,13H,2,4,6,8,12,22H2,(H,25,29)(H,26,28). The van der Waals surface area contributed by atoms with Crippen molar-refractivity contribution in [1.82, 2.24) is 14.5 Å². The molecule has 0 bridgehead atoms. The molecule has 4 rings (SSSR count). The molecular weight excluding hydrogens is 368 g/mol. The molecule has 2 amide bonds. The number of anilines is 2. The third kappa shape index (κ3) is 4.17. The highest BCUT2D eigenvalue weighted by molar-refractivity contribution is 6.06. The summed E-state index contributed by atoms with van der Waals surface area (Å²) < 4.78 is 2.04. The molecule has 0 spiro atoms. The number of aromatic nitrogens is 3. The van der Waals surface area contributed by atoms with Gasteiger partial charge in [-0.15, -0.1) is 0 Å². The minimum atomic E-state index is -0.351. The normalized spacial score (nSPS) is 12.9. The van der Waals surface area contributed by atoms with Crippen LogP contribution in [-0.2, 0) is 19.5 Å². The van der Waals surface area contributed by atoms with Crippen LogP contribution in [0.1, 0.15) is 45.1 Å². The zero-order valence-corrected chi connectivity index (χ0v) is 15.9. The minimum absolute atomic E-state index is 0.246. The Balaban J connectivity index is 1.55. The summed E-state index contributed by atoms with van der Waals surface area (Å²) in [5.74, 6) is 1.05. The molecule has 1 aliphatic heterocycles. The monoisotopic (exact) mass is 390 g/mol. The number of benzene rings is 1. The Morgan fingerprint density at radius 3 is 2.76 bits per heavy atom. The minimum Gasteiger partial charge on any atom is -0.326 e. The van der Waals surface area contributed by atoms with E-state index in [0.717, 1.165) is 37.2 Å². The van der Waals surface area contributed by atoms with Crippen LogP contribution >= 0.6 is 0 Å². The van der Waals surface area contributed by atoms with Crippen molar-refractivity contribution in [2.75, 3.05) is 10.6 Å². The van der Waals surface area contributed by atoms with E-state index in [1.165, 1.54) is 0 Å². The Morgan fingerprint density at radius 1 is 1.07 bits per heavy atom. The van der Waals surface area contributed by atoms with Crippen LogP contribution in [0.3, 0.4) is 0 Å². The number of rotatable bonds is 5. The van der Waals surface area contributed by atoms with Crippen LogP contribution in [0.4, 0.5) is 11.5 Å². The van der Waals surface area contributed by atoms with Gasteiger partial charge in [0.15, 0.2) is 0 Å². The lowest BCUT2D eigenvalue weighted by atomic mass is 10.1. The van der Waals surface area contributed by atoms with Gasteiger partial charge in [-0.2, -0.15) is 0 Å². The molecule has 1 aromatic carbocycles. The first-order chi connectivity index (χ1) is 14.1. The van der Waals surface area contributed by atoms with Crippen LogP contribution in [-0.4, -0.2) is 26.3 Å². The van der Waals surface area contributed by atoms with Gasteiger partial charge in [-0.25, -0.2) is 4.98 Å². The smallest absolute Gasteiger partial charge is 0.274 e. The van der Waals surface area contributed by atoms with E-state index in [1.807, 2.05) is 4.57 Å². The van der Waals surface area contributed by atoms with E-state index < -0.39 is 0 Å². The van der Waals surface area contributed by atoms with E-state index in [9.17, 15) is 9.59 Å². The number of aryl methyl sites for hydroxylation is 1. The number of nitrogens with zero attached hydrogens (tertiary/aromatic N) is 3. The second-order valence-electron chi connectivity index (χ2n) is 6.91. The van der Waals surface area contributed by atoms with Crippen molar-refractivity contribution in [3.05, 3.63) is 71.4 Å². The molecule has 0 fully saturated rings. The van der Waals surface area contributed by atoms with Crippen molar-refractivity contribution in [3.63, 3.8) is 0 Å². The first-order valence-corrected chi connectivity index (χ1v) is 9.56. The molecular formula is C21H22N6O2. The molecule has 8 heteroatoms. The van der Waals surface area contributed by atoms with Crippen molar-refractivity contribution in [2.24, 2.45) is 5.73 Å². The van der Waals surface area contributed by atoms with Crippen LogP contribution in [0, 0.1) is 0 Å². The van der Waals surface area contributed by atoms with Crippen LogP contribution in [0.5, 0.6) is 0 Å². The molecule has 4 N–H and O–H groups in total. The second-order valence-corrected chi connectivity index (χ2v) is 6.91. The highest BCUT2D eigenvalue weighted by atomic mass is 16.2. The molecule has 3 aromatic rings. The summed E-state index contributed by atoms with van der Waals surface area (Å²) >= 11 is 0. The number of nitrogens with two attached hydrogens (primary N) is 1. The highest BCUT2D eigenvalue weighted by Gasteiger charge is 2.17. The fourth-order valence-electron chi connectivity index (χ4n) is 3.41. The van der Waals surface area contributed by atoms with Gasteiger partial charge in [-0.05, 0) is 48.7 Å². The lowest BCUT2D eigenvalue weighted by molar-refractivity contribution is 0.101. The first-order valence-electron chi connectivity index (χ1n) is 9.56. The molecule has 3 heterocycles. The van der Waals surface area contributed by atoms with E-state index in [4.69, 9.17) is 5.73 Å². The number of imidazole rings is 1. The zero-order chi connectivity index (χ0) is 20.2. The van der Waals surface area contributed by atoms with Gasteiger partial charge in [0.05, 0.1) is 6.20 Å². The fourth-order valence-corrected chi connectivity index (χ4v) is 3.41. The summed E-state index contributed by atoms with van der Waals surface area (Å²) in [6.07, 6.45) is 6.34. The lowest BCUT2D eigenvalue weighted by Crippen LogP contribution is -2.19. The van der Waals surface area contributed by atoms with E-state index in [2.05, 4.69) is 20.6 Å². The average molecular weight is 390 g/mol. The molecule has 0 aliphatic carbocycles. The Kier molecular flexibility index (Phi) is 5.35. The number of carbonyl (C=O) groups excluding carboxylic acids is 2. The Hall–Kier alpha value is -3.52. The quantitative estimate of drug-likeness (QED) is 0.619. The molecule has 8 nitrogen and oxygen atoms in total. The van der Waals surface area contributed by atoms with Crippen molar-refractivity contribution < 1.29 is 9.59 Å². The lowest BCUT2D eigenvalue weighted by Gasteiger charge is -2.17. The Bertz CT molecular complexity index is 1040. The molecule has 2 aromatic heterocycles. The molecule has 0 saturated heterocycles. The maximum atomic E-state index is 12.9. The fraction of sp³-hybridized carbons (Fsp3) is 0.238. The van der Waals surface area contributed by atoms with E-state index >= 15 is 0 Å². The number of nitrogens with one attached hydrogen (secondary N) is 2. The van der Waals surface area contributed by atoms with Gasteiger partial charge in [-0.3, -0.25) is 14.6 Å². The summed E-state index contributed by atoms with van der Waals surface area (Å²) in [5.41, 5.74) is 7.72. The SMILES string of the molecule is NCc1cc(NC(=O)c2ccccn2)cc(C(=O)Nc2cnc3n2CCCC3)c1. The van der Waals surface area contributed by atoms with Gasteiger partial charge in [0.2, 0.25) is 0 Å². The number of hydrogen-bond acceptors (Lipinski definition) is 5. The van der Waals surface area contributed by atoms with Crippen molar-refractivity contribution >= 4 is 23.3 Å². The largest absolute Gasteiger partial charge is 0.326 e. The van der Waals surface area contributed by atoms with E-state index in [-0.39, 0.29) is 18.4 Å². The molecule has 0 saturated carbocycles. The summed E-state index contributed by atoms with van der Waals surface area (Å²) in [6, 6.07) is 10.2. The van der Waals surface area contributed by atoms with Crippen LogP contribution in [0.25, 0.3) is 0 Å². The van der Waals surface area contributed by atoms with Crippen molar-refractivity contribution in [3.8, 4) is 0 Å². The summed E-state index contributed by atoms with van der Waals surface area (Å²) in [7, 11) is 0. The highest BCUT2D eigenvalue weighted by Crippen LogP contribution is 2.21. The second kappa shape index (κ2) is 8.24. The zero-order valence-electron chi connectivity index (χ0n) is 15.9. The molecule has 0 unspecified atom stereocenters. The number of carbonyl (C=O) groups is 2. The maximum absolute atomic E-state index is 12.9. The maximum Gasteiger partial charge on any atom is 0.274 e. The molecule has 0 radical (unpaired) electrons. The summed E-state index contributed by atoms with van der Waals surface area (Å²) in [4.78, 5) is 33.7. The van der Waals surface area contributed by atoms with E-state index in [0.29, 0.717) is 22.8 Å². The third-order valence-electron chi connectivity index (χ3n) is 4.86. The first kappa shape index (κ1) is 18.8. The molecule has 1 aliphatic rings. The predicted molar refractivity (Wildman–Crippen MR) is 110 cm³/mol. The number of hydrogen-bond donors (Lipinski definition) is 3. The molecule has 0 atom stereocenters. The Morgan fingerprint density at radius 2 is 1.97 bits per heavy atom.